The fourth-order valence-corrected chi connectivity index (χ4v) is 4.14. The molecule has 1 fully saturated rings. The van der Waals surface area contributed by atoms with Crippen molar-refractivity contribution in [1.29, 1.82) is 0 Å². The van der Waals surface area contributed by atoms with Gasteiger partial charge in [-0.25, -0.2) is 9.37 Å². The molecule has 2 aromatic carbocycles. The Morgan fingerprint density at radius 2 is 1.91 bits per heavy atom. The quantitative estimate of drug-likeness (QED) is 0.459. The van der Waals surface area contributed by atoms with E-state index in [4.69, 9.17) is 0 Å². The highest BCUT2D eigenvalue weighted by Gasteiger charge is 2.20. The van der Waals surface area contributed by atoms with E-state index >= 15 is 0 Å². The average molecular weight is 435 g/mol. The van der Waals surface area contributed by atoms with E-state index in [1.807, 2.05) is 13.0 Å². The Hall–Kier alpha value is -3.19. The highest BCUT2D eigenvalue weighted by Crippen LogP contribution is 2.17. The summed E-state index contributed by atoms with van der Waals surface area (Å²) in [7, 11) is 1.77. The summed E-state index contributed by atoms with van der Waals surface area (Å²) < 4.78 is 16.4. The predicted molar refractivity (Wildman–Crippen MR) is 126 cm³/mol. The lowest BCUT2D eigenvalue weighted by molar-refractivity contribution is 0.198. The number of nitrogens with one attached hydrogen (secondary N) is 2. The summed E-state index contributed by atoms with van der Waals surface area (Å²) in [6.45, 7) is 5.48. The van der Waals surface area contributed by atoms with Crippen molar-refractivity contribution in [3.05, 3.63) is 83.7 Å². The minimum Gasteiger partial charge on any atom is -0.354 e. The maximum absolute atomic E-state index is 14.6. The number of aromatic nitrogens is 2. The van der Waals surface area contributed by atoms with E-state index in [1.54, 1.807) is 36.1 Å². The molecule has 0 atom stereocenters. The topological polar surface area (TPSA) is 57.5 Å². The van der Waals surface area contributed by atoms with Gasteiger partial charge in [-0.2, -0.15) is 0 Å². The first-order valence-electron chi connectivity index (χ1n) is 11.1. The van der Waals surface area contributed by atoms with Crippen LogP contribution in [0, 0.1) is 12.7 Å². The Bertz CT molecular complexity index is 1040. The largest absolute Gasteiger partial charge is 0.354 e. The van der Waals surface area contributed by atoms with E-state index < -0.39 is 0 Å². The second-order valence-corrected chi connectivity index (χ2v) is 8.24. The number of aliphatic imine (C=N–C) groups is 1. The van der Waals surface area contributed by atoms with Gasteiger partial charge in [0, 0.05) is 51.7 Å². The van der Waals surface area contributed by atoms with Gasteiger partial charge in [0.2, 0.25) is 0 Å². The van der Waals surface area contributed by atoms with Crippen molar-refractivity contribution in [3.8, 4) is 5.69 Å². The van der Waals surface area contributed by atoms with Gasteiger partial charge in [0.25, 0.3) is 0 Å². The van der Waals surface area contributed by atoms with Crippen molar-refractivity contribution < 1.29 is 4.39 Å². The number of benzene rings is 2. The van der Waals surface area contributed by atoms with Gasteiger partial charge >= 0.3 is 0 Å². The Morgan fingerprint density at radius 1 is 1.12 bits per heavy atom. The number of hydrogen-bond acceptors (Lipinski definition) is 3. The Balaban J connectivity index is 1.26. The number of guanidine groups is 1. The van der Waals surface area contributed by atoms with E-state index in [1.165, 1.54) is 5.56 Å². The van der Waals surface area contributed by atoms with Crippen LogP contribution in [0.2, 0.25) is 0 Å². The third-order valence-corrected chi connectivity index (χ3v) is 5.96. The zero-order valence-electron chi connectivity index (χ0n) is 18.8. The second-order valence-electron chi connectivity index (χ2n) is 8.24. The van der Waals surface area contributed by atoms with Gasteiger partial charge in [0.05, 0.1) is 5.69 Å². The van der Waals surface area contributed by atoms with Crippen molar-refractivity contribution in [2.24, 2.45) is 4.99 Å². The van der Waals surface area contributed by atoms with Crippen LogP contribution in [0.4, 0.5) is 4.39 Å². The standard InChI is InChI=1S/C25H31FN6/c1-19-28-12-15-32(19)24-9-8-21(16-23(24)26)17-29-25(27-2)30-22-10-13-31(14-11-22)18-20-6-4-3-5-7-20/h3-9,12,15-16,22H,10-11,13-14,17-18H2,1-2H3,(H2,27,29,30). The van der Waals surface area contributed by atoms with Crippen molar-refractivity contribution in [2.45, 2.75) is 38.9 Å². The van der Waals surface area contributed by atoms with Crippen molar-refractivity contribution in [3.63, 3.8) is 0 Å². The van der Waals surface area contributed by atoms with Gasteiger partial charge in [-0.3, -0.25) is 9.89 Å². The van der Waals surface area contributed by atoms with Crippen LogP contribution in [0.5, 0.6) is 0 Å². The minimum absolute atomic E-state index is 0.265. The van der Waals surface area contributed by atoms with Gasteiger partial charge < -0.3 is 15.2 Å². The fraction of sp³-hybridized carbons (Fsp3) is 0.360. The summed E-state index contributed by atoms with van der Waals surface area (Å²) in [5, 5.41) is 6.84. The molecule has 2 heterocycles. The van der Waals surface area contributed by atoms with Crippen LogP contribution in [-0.2, 0) is 13.1 Å². The predicted octanol–water partition coefficient (Wildman–Crippen LogP) is 3.65. The summed E-state index contributed by atoms with van der Waals surface area (Å²) in [4.78, 5) is 11.0. The van der Waals surface area contributed by atoms with E-state index in [0.29, 0.717) is 18.3 Å². The zero-order chi connectivity index (χ0) is 22.3. The molecule has 1 aliphatic rings. The molecule has 1 saturated heterocycles. The summed E-state index contributed by atoms with van der Waals surface area (Å²) in [5.74, 6) is 1.25. The number of likely N-dealkylation sites (tertiary alicyclic amines) is 1. The first-order valence-corrected chi connectivity index (χ1v) is 11.1. The summed E-state index contributed by atoms with van der Waals surface area (Å²) in [6.07, 6.45) is 5.58. The maximum Gasteiger partial charge on any atom is 0.191 e. The van der Waals surface area contributed by atoms with E-state index in [2.05, 4.69) is 55.8 Å². The molecule has 32 heavy (non-hydrogen) atoms. The number of nitrogens with zero attached hydrogens (tertiary/aromatic N) is 4. The molecule has 0 unspecified atom stereocenters. The first kappa shape index (κ1) is 22.0. The number of halogens is 1. The average Bonchev–Trinajstić information content (AvgIpc) is 3.24. The molecule has 0 aliphatic carbocycles. The molecule has 0 spiro atoms. The van der Waals surface area contributed by atoms with Crippen molar-refractivity contribution >= 4 is 5.96 Å². The Kier molecular flexibility index (Phi) is 7.17. The van der Waals surface area contributed by atoms with Gasteiger partial charge in [-0.05, 0) is 43.0 Å². The summed E-state index contributed by atoms with van der Waals surface area (Å²) >= 11 is 0. The maximum atomic E-state index is 14.6. The van der Waals surface area contributed by atoms with Crippen molar-refractivity contribution in [1.82, 2.24) is 25.1 Å². The molecule has 1 aliphatic heterocycles. The molecule has 0 saturated carbocycles. The molecule has 4 rings (SSSR count). The Labute approximate surface area is 189 Å². The lowest BCUT2D eigenvalue weighted by atomic mass is 10.0. The zero-order valence-corrected chi connectivity index (χ0v) is 18.8. The van der Waals surface area contributed by atoms with E-state index in [-0.39, 0.29) is 5.82 Å². The highest BCUT2D eigenvalue weighted by molar-refractivity contribution is 5.80. The molecule has 0 amide bonds. The third kappa shape index (κ3) is 5.53. The number of rotatable bonds is 6. The van der Waals surface area contributed by atoms with Gasteiger partial charge in [-0.15, -0.1) is 0 Å². The second kappa shape index (κ2) is 10.4. The molecule has 168 valence electrons. The van der Waals surface area contributed by atoms with Gasteiger partial charge in [0.15, 0.2) is 5.96 Å². The monoisotopic (exact) mass is 434 g/mol. The molecule has 2 N–H and O–H groups in total. The van der Waals surface area contributed by atoms with Crippen LogP contribution in [0.1, 0.15) is 29.8 Å². The van der Waals surface area contributed by atoms with Gasteiger partial charge in [0.1, 0.15) is 11.6 Å². The molecule has 1 aromatic heterocycles. The summed E-state index contributed by atoms with van der Waals surface area (Å²) in [6, 6.07) is 16.3. The molecule has 0 radical (unpaired) electrons. The van der Waals surface area contributed by atoms with E-state index in [9.17, 15) is 4.39 Å². The lowest BCUT2D eigenvalue weighted by Crippen LogP contribution is -2.48. The molecular formula is C25H31FN6. The third-order valence-electron chi connectivity index (χ3n) is 5.96. The molecular weight excluding hydrogens is 403 g/mol. The molecule has 0 bridgehead atoms. The van der Waals surface area contributed by atoms with Crippen LogP contribution in [0.3, 0.4) is 0 Å². The number of hydrogen-bond donors (Lipinski definition) is 2. The number of aryl methyl sites for hydroxylation is 1. The first-order chi connectivity index (χ1) is 15.6. The minimum atomic E-state index is -0.265. The molecule has 6 nitrogen and oxygen atoms in total. The SMILES string of the molecule is CN=C(NCc1ccc(-n2ccnc2C)c(F)c1)NC1CCN(Cc2ccccc2)CC1. The van der Waals surface area contributed by atoms with E-state index in [0.717, 1.165) is 49.8 Å². The highest BCUT2D eigenvalue weighted by atomic mass is 19.1. The number of imidazole rings is 1. The smallest absolute Gasteiger partial charge is 0.191 e. The molecule has 3 aromatic rings. The van der Waals surface area contributed by atoms with Crippen LogP contribution in [-0.4, -0.2) is 46.6 Å². The van der Waals surface area contributed by atoms with Crippen LogP contribution in [0.15, 0.2) is 65.9 Å². The summed E-state index contributed by atoms with van der Waals surface area (Å²) in [5.41, 5.74) is 2.73. The normalized spacial score (nSPS) is 15.7. The Morgan fingerprint density at radius 3 is 2.56 bits per heavy atom. The number of piperidine rings is 1. The van der Waals surface area contributed by atoms with Crippen LogP contribution < -0.4 is 10.6 Å². The fourth-order valence-electron chi connectivity index (χ4n) is 4.14. The van der Waals surface area contributed by atoms with Crippen LogP contribution >= 0.6 is 0 Å². The molecule has 7 heteroatoms. The van der Waals surface area contributed by atoms with Gasteiger partial charge in [-0.1, -0.05) is 36.4 Å². The van der Waals surface area contributed by atoms with Crippen LogP contribution in [0.25, 0.3) is 5.69 Å². The van der Waals surface area contributed by atoms with Crippen molar-refractivity contribution in [2.75, 3.05) is 20.1 Å². The lowest BCUT2D eigenvalue weighted by Gasteiger charge is -2.33.